The second kappa shape index (κ2) is 4.90. The van der Waals surface area contributed by atoms with Gasteiger partial charge in [0.1, 0.15) is 4.99 Å². The maximum Gasteiger partial charge on any atom is 0.289 e. The number of nitrogens with one attached hydrogen (secondary N) is 2. The number of benzene rings is 1. The van der Waals surface area contributed by atoms with Crippen LogP contribution in [0.15, 0.2) is 29.2 Å². The molecule has 1 aromatic heterocycles. The lowest BCUT2D eigenvalue weighted by Crippen LogP contribution is -2.15. The van der Waals surface area contributed by atoms with Crippen molar-refractivity contribution in [2.24, 2.45) is 0 Å². The molecule has 2 aromatic rings. The van der Waals surface area contributed by atoms with E-state index in [1.165, 1.54) is 0 Å². The van der Waals surface area contributed by atoms with Crippen LogP contribution < -0.4 is 5.32 Å². The van der Waals surface area contributed by atoms with Crippen LogP contribution >= 0.6 is 24.0 Å². The number of nitrogens with zero attached hydrogens (tertiary/aromatic N) is 3. The van der Waals surface area contributed by atoms with E-state index < -0.39 is 0 Å². The van der Waals surface area contributed by atoms with Crippen molar-refractivity contribution < 1.29 is 4.79 Å². The summed E-state index contributed by atoms with van der Waals surface area (Å²) in [6.07, 6.45) is 1.87. The largest absolute Gasteiger partial charge is 0.307 e. The molecule has 2 N–H and O–H groups in total. The molecule has 1 aliphatic rings. The van der Waals surface area contributed by atoms with Gasteiger partial charge in [0.2, 0.25) is 0 Å². The first-order valence-corrected chi connectivity index (χ1v) is 6.54. The average molecular weight is 289 g/mol. The van der Waals surface area contributed by atoms with Crippen LogP contribution in [0.1, 0.15) is 5.56 Å². The normalized spacial score (nSPS) is 16.9. The molecule has 1 aromatic carbocycles. The Bertz CT molecular complexity index is 663. The zero-order chi connectivity index (χ0) is 13.2. The smallest absolute Gasteiger partial charge is 0.289 e. The van der Waals surface area contributed by atoms with Crippen molar-refractivity contribution in [1.29, 1.82) is 0 Å². The summed E-state index contributed by atoms with van der Waals surface area (Å²) in [6.45, 7) is 0. The molecule has 0 spiro atoms. The fourth-order valence-corrected chi connectivity index (χ4v) is 2.62. The number of hydrogen-bond acceptors (Lipinski definition) is 6. The highest BCUT2D eigenvalue weighted by molar-refractivity contribution is 8.19. The number of amides is 1. The summed E-state index contributed by atoms with van der Waals surface area (Å²) in [5.74, 6) is 0.613. The minimum atomic E-state index is -0.138. The molecule has 1 amide bonds. The Morgan fingerprint density at radius 1 is 1.26 bits per heavy atom. The number of aromatic amines is 1. The molecule has 1 fully saturated rings. The summed E-state index contributed by atoms with van der Waals surface area (Å²) >= 11 is 6.16. The lowest BCUT2D eigenvalue weighted by molar-refractivity contribution is 0.265. The fraction of sp³-hybridized carbons (Fsp3) is 0. The van der Waals surface area contributed by atoms with E-state index in [-0.39, 0.29) is 5.24 Å². The molecule has 8 heteroatoms. The van der Waals surface area contributed by atoms with E-state index in [0.29, 0.717) is 10.8 Å². The minimum Gasteiger partial charge on any atom is -0.307 e. The molecule has 0 radical (unpaired) electrons. The topological polar surface area (TPSA) is 83.6 Å². The summed E-state index contributed by atoms with van der Waals surface area (Å²) in [5, 5.41) is 16.0. The third-order valence-electron chi connectivity index (χ3n) is 2.47. The summed E-state index contributed by atoms with van der Waals surface area (Å²) in [7, 11) is 0. The molecular formula is C11H7N5OS2. The van der Waals surface area contributed by atoms with Gasteiger partial charge in [0, 0.05) is 5.56 Å². The number of H-pyrrole nitrogens is 1. The standard InChI is InChI=1S/C11H7N5OS2/c17-11-12-10(18)8(19-11)5-6-1-3-7(4-2-6)9-13-15-16-14-9/h1-5H,(H,12,17,18)(H,13,14,15,16). The van der Waals surface area contributed by atoms with E-state index in [9.17, 15) is 4.79 Å². The molecule has 3 rings (SSSR count). The maximum atomic E-state index is 11.2. The summed E-state index contributed by atoms with van der Waals surface area (Å²) in [5.41, 5.74) is 1.85. The zero-order valence-electron chi connectivity index (χ0n) is 9.45. The summed E-state index contributed by atoms with van der Waals surface area (Å²) < 4.78 is 0. The van der Waals surface area contributed by atoms with E-state index in [1.54, 1.807) is 0 Å². The first-order chi connectivity index (χ1) is 9.22. The van der Waals surface area contributed by atoms with Crippen LogP contribution in [-0.4, -0.2) is 30.9 Å². The molecule has 6 nitrogen and oxygen atoms in total. The van der Waals surface area contributed by atoms with Gasteiger partial charge >= 0.3 is 0 Å². The predicted octanol–water partition coefficient (Wildman–Crippen LogP) is 1.99. The molecule has 0 saturated carbocycles. The van der Waals surface area contributed by atoms with Gasteiger partial charge in [0.25, 0.3) is 5.24 Å². The van der Waals surface area contributed by atoms with Gasteiger partial charge in [0.05, 0.1) is 4.91 Å². The Hall–Kier alpha value is -2.06. The number of carbonyl (C=O) groups is 1. The van der Waals surface area contributed by atoms with Gasteiger partial charge in [0.15, 0.2) is 5.82 Å². The summed E-state index contributed by atoms with van der Waals surface area (Å²) in [6, 6.07) is 7.62. The first-order valence-electron chi connectivity index (χ1n) is 5.31. The van der Waals surface area contributed by atoms with E-state index in [0.717, 1.165) is 27.8 Å². The van der Waals surface area contributed by atoms with Crippen molar-refractivity contribution in [1.82, 2.24) is 25.9 Å². The van der Waals surface area contributed by atoms with Gasteiger partial charge in [-0.15, -0.1) is 5.10 Å². The number of rotatable bonds is 2. The third kappa shape index (κ3) is 2.54. The van der Waals surface area contributed by atoms with Crippen LogP contribution in [0.4, 0.5) is 4.79 Å². The number of thioether (sulfide) groups is 1. The number of carbonyl (C=O) groups excluding carboxylic acids is 1. The van der Waals surface area contributed by atoms with Crippen molar-refractivity contribution in [2.75, 3.05) is 0 Å². The Morgan fingerprint density at radius 3 is 2.63 bits per heavy atom. The van der Waals surface area contributed by atoms with Gasteiger partial charge in [-0.1, -0.05) is 36.5 Å². The third-order valence-corrected chi connectivity index (χ3v) is 3.75. The van der Waals surface area contributed by atoms with E-state index >= 15 is 0 Å². The minimum absolute atomic E-state index is 0.138. The van der Waals surface area contributed by atoms with Crippen LogP contribution in [-0.2, 0) is 0 Å². The van der Waals surface area contributed by atoms with Gasteiger partial charge in [-0.05, 0) is 33.8 Å². The molecule has 1 aliphatic heterocycles. The Labute approximate surface area is 117 Å². The molecule has 2 heterocycles. The molecule has 1 saturated heterocycles. The van der Waals surface area contributed by atoms with Crippen LogP contribution in [0.25, 0.3) is 17.5 Å². The average Bonchev–Trinajstić information content (AvgIpc) is 3.01. The quantitative estimate of drug-likeness (QED) is 0.650. The molecule has 0 atom stereocenters. The lowest BCUT2D eigenvalue weighted by Gasteiger charge is -1.98. The number of hydrogen-bond donors (Lipinski definition) is 2. The number of tetrazole rings is 1. The number of aromatic nitrogens is 4. The predicted molar refractivity (Wildman–Crippen MR) is 76.3 cm³/mol. The molecular weight excluding hydrogens is 282 g/mol. The Balaban J connectivity index is 1.86. The highest BCUT2D eigenvalue weighted by Crippen LogP contribution is 2.27. The van der Waals surface area contributed by atoms with E-state index in [1.807, 2.05) is 30.3 Å². The number of thiocarbonyl (C=S) groups is 1. The molecule has 0 bridgehead atoms. The SMILES string of the molecule is O=C1NC(=S)C(=Cc2ccc(-c3nnn[nH]3)cc2)S1. The van der Waals surface area contributed by atoms with Gasteiger partial charge in [-0.25, -0.2) is 5.10 Å². The molecule has 19 heavy (non-hydrogen) atoms. The van der Waals surface area contributed by atoms with Crippen LogP contribution in [0, 0.1) is 0 Å². The van der Waals surface area contributed by atoms with Crippen molar-refractivity contribution in [3.8, 4) is 11.4 Å². The Morgan fingerprint density at radius 2 is 2.05 bits per heavy atom. The fourth-order valence-electron chi connectivity index (χ4n) is 1.59. The van der Waals surface area contributed by atoms with E-state index in [2.05, 4.69) is 25.9 Å². The molecule has 0 unspecified atom stereocenters. The van der Waals surface area contributed by atoms with Gasteiger partial charge in [-0.3, -0.25) is 4.79 Å². The lowest BCUT2D eigenvalue weighted by atomic mass is 10.1. The van der Waals surface area contributed by atoms with Crippen molar-refractivity contribution in [3.05, 3.63) is 34.7 Å². The molecule has 94 valence electrons. The van der Waals surface area contributed by atoms with Crippen LogP contribution in [0.2, 0.25) is 0 Å². The second-order valence-corrected chi connectivity index (χ2v) is 5.15. The van der Waals surface area contributed by atoms with Crippen molar-refractivity contribution in [3.63, 3.8) is 0 Å². The van der Waals surface area contributed by atoms with Gasteiger partial charge in [-0.2, -0.15) is 0 Å². The second-order valence-electron chi connectivity index (χ2n) is 3.72. The monoisotopic (exact) mass is 289 g/mol. The zero-order valence-corrected chi connectivity index (χ0v) is 11.1. The summed E-state index contributed by atoms with van der Waals surface area (Å²) in [4.78, 5) is 12.4. The first kappa shape index (κ1) is 12.0. The maximum absolute atomic E-state index is 11.2. The van der Waals surface area contributed by atoms with Crippen molar-refractivity contribution >= 4 is 40.3 Å². The Kier molecular flexibility index (Phi) is 3.10. The highest BCUT2D eigenvalue weighted by atomic mass is 32.2. The van der Waals surface area contributed by atoms with E-state index in [4.69, 9.17) is 12.2 Å². The highest BCUT2D eigenvalue weighted by Gasteiger charge is 2.21. The van der Waals surface area contributed by atoms with Crippen molar-refractivity contribution in [2.45, 2.75) is 0 Å². The van der Waals surface area contributed by atoms with Crippen LogP contribution in [0.5, 0.6) is 0 Å². The van der Waals surface area contributed by atoms with Gasteiger partial charge < -0.3 is 5.32 Å². The van der Waals surface area contributed by atoms with Crippen LogP contribution in [0.3, 0.4) is 0 Å². The molecule has 0 aliphatic carbocycles.